The highest BCUT2D eigenvalue weighted by Gasteiger charge is 2.31. The molecule has 4 rings (SSSR count). The summed E-state index contributed by atoms with van der Waals surface area (Å²) in [7, 11) is 0. The van der Waals surface area contributed by atoms with Crippen LogP contribution in [0.25, 0.3) is 6.08 Å². The summed E-state index contributed by atoms with van der Waals surface area (Å²) in [6.45, 7) is 1.07. The molecule has 0 saturated carbocycles. The normalized spacial score (nSPS) is 14.5. The molecule has 1 aliphatic heterocycles. The second kappa shape index (κ2) is 13.9. The van der Waals surface area contributed by atoms with Crippen molar-refractivity contribution < 1.29 is 27.6 Å². The number of nitrogens with zero attached hydrogens (tertiary/aromatic N) is 4. The van der Waals surface area contributed by atoms with Crippen LogP contribution in [0.3, 0.4) is 0 Å². The molecule has 9 nitrogen and oxygen atoms in total. The second-order valence-corrected chi connectivity index (χ2v) is 9.90. The van der Waals surface area contributed by atoms with Crippen molar-refractivity contribution in [3.63, 3.8) is 0 Å². The monoisotopic (exact) mass is 600 g/mol. The lowest BCUT2D eigenvalue weighted by Crippen LogP contribution is -2.53. The number of amides is 3. The van der Waals surface area contributed by atoms with Crippen molar-refractivity contribution in [1.29, 1.82) is 0 Å². The molecule has 0 bridgehead atoms. The summed E-state index contributed by atoms with van der Waals surface area (Å²) < 4.78 is 38.4. The van der Waals surface area contributed by atoms with Gasteiger partial charge in [-0.2, -0.15) is 13.2 Å². The summed E-state index contributed by atoms with van der Waals surface area (Å²) in [5, 5.41) is 5.85. The maximum Gasteiger partial charge on any atom is 0.417 e. The van der Waals surface area contributed by atoms with Crippen LogP contribution in [0.15, 0.2) is 73.1 Å². The predicted molar refractivity (Wildman–Crippen MR) is 151 cm³/mol. The quantitative estimate of drug-likeness (QED) is 0.365. The van der Waals surface area contributed by atoms with Crippen LogP contribution in [-0.2, 0) is 27.0 Å². The number of hydrogen-bond acceptors (Lipinski definition) is 6. The van der Waals surface area contributed by atoms with E-state index in [1.54, 1.807) is 64.5 Å². The van der Waals surface area contributed by atoms with Gasteiger partial charge in [-0.3, -0.25) is 19.4 Å². The molecule has 42 heavy (non-hydrogen) atoms. The van der Waals surface area contributed by atoms with Crippen LogP contribution < -0.4 is 15.5 Å². The number of alkyl halides is 3. The zero-order valence-corrected chi connectivity index (χ0v) is 23.1. The maximum atomic E-state index is 13.1. The molecule has 3 aromatic rings. The van der Waals surface area contributed by atoms with E-state index in [1.165, 1.54) is 12.1 Å². The Balaban J connectivity index is 1.30. The number of halogens is 4. The average molecular weight is 601 g/mol. The molecule has 0 radical (unpaired) electrons. The van der Waals surface area contributed by atoms with Crippen molar-refractivity contribution >= 4 is 41.2 Å². The lowest BCUT2D eigenvalue weighted by molar-refractivity contribution is -0.138. The van der Waals surface area contributed by atoms with Crippen molar-refractivity contribution in [3.8, 4) is 0 Å². The minimum Gasteiger partial charge on any atom is -0.353 e. The number of rotatable bonds is 9. The number of aromatic nitrogens is 2. The standard InChI is InChI=1S/C29H28ClF3N6O3/c30-22-8-4-20(5-9-22)6-11-26(40)37-24(17-23-3-1-2-12-34-23)28(42)36-19-27(41)39-15-13-38(14-16-39)25-10-7-21(18-35-25)29(31,32)33/h1-12,18,24H,13-17,19H2,(H,36,42)(H,37,40)/b11-6+. The number of hydrogen-bond donors (Lipinski definition) is 2. The summed E-state index contributed by atoms with van der Waals surface area (Å²) in [6.07, 6.45) is 0.906. The van der Waals surface area contributed by atoms with E-state index in [0.717, 1.165) is 17.8 Å². The van der Waals surface area contributed by atoms with Crippen LogP contribution in [0.4, 0.5) is 19.0 Å². The Bertz CT molecular complexity index is 1390. The van der Waals surface area contributed by atoms with Gasteiger partial charge in [0.25, 0.3) is 0 Å². The molecule has 220 valence electrons. The van der Waals surface area contributed by atoms with E-state index in [-0.39, 0.29) is 18.9 Å². The maximum absolute atomic E-state index is 13.1. The Kier molecular flexibility index (Phi) is 10.1. The molecule has 3 heterocycles. The van der Waals surface area contributed by atoms with Gasteiger partial charge in [-0.25, -0.2) is 4.98 Å². The highest BCUT2D eigenvalue weighted by Crippen LogP contribution is 2.29. The third-order valence-corrected chi connectivity index (χ3v) is 6.77. The Hall–Kier alpha value is -4.45. The molecule has 1 saturated heterocycles. The second-order valence-electron chi connectivity index (χ2n) is 9.46. The number of pyridine rings is 2. The zero-order valence-electron chi connectivity index (χ0n) is 22.4. The molecular weight excluding hydrogens is 573 g/mol. The van der Waals surface area contributed by atoms with Gasteiger partial charge in [0.2, 0.25) is 17.7 Å². The highest BCUT2D eigenvalue weighted by molar-refractivity contribution is 6.30. The van der Waals surface area contributed by atoms with Crippen LogP contribution in [0.5, 0.6) is 0 Å². The topological polar surface area (TPSA) is 108 Å². The smallest absolute Gasteiger partial charge is 0.353 e. The first-order valence-corrected chi connectivity index (χ1v) is 13.4. The first-order chi connectivity index (χ1) is 20.1. The van der Waals surface area contributed by atoms with Gasteiger partial charge in [-0.1, -0.05) is 29.8 Å². The Labute approximate surface area is 245 Å². The first kappa shape index (κ1) is 30.5. The van der Waals surface area contributed by atoms with Gasteiger partial charge in [-0.05, 0) is 48.0 Å². The van der Waals surface area contributed by atoms with E-state index >= 15 is 0 Å². The minimum atomic E-state index is -4.46. The molecule has 1 unspecified atom stereocenters. The lowest BCUT2D eigenvalue weighted by atomic mass is 10.1. The summed E-state index contributed by atoms with van der Waals surface area (Å²) in [5.74, 6) is -0.981. The van der Waals surface area contributed by atoms with Crippen molar-refractivity contribution in [1.82, 2.24) is 25.5 Å². The Morgan fingerprint density at radius 2 is 1.71 bits per heavy atom. The average Bonchev–Trinajstić information content (AvgIpc) is 2.99. The summed E-state index contributed by atoms with van der Waals surface area (Å²) in [5.41, 5.74) is 0.505. The molecule has 1 atom stereocenters. The predicted octanol–water partition coefficient (Wildman–Crippen LogP) is 3.35. The molecule has 1 aromatic carbocycles. The molecule has 13 heteroatoms. The summed E-state index contributed by atoms with van der Waals surface area (Å²) >= 11 is 5.89. The van der Waals surface area contributed by atoms with Crippen molar-refractivity contribution in [2.75, 3.05) is 37.6 Å². The molecular formula is C29H28ClF3N6O3. The number of carbonyl (C=O) groups excluding carboxylic acids is 3. The molecule has 2 N–H and O–H groups in total. The van der Waals surface area contributed by atoms with E-state index in [2.05, 4.69) is 20.6 Å². The third kappa shape index (κ3) is 8.77. The lowest BCUT2D eigenvalue weighted by Gasteiger charge is -2.35. The highest BCUT2D eigenvalue weighted by atomic mass is 35.5. The third-order valence-electron chi connectivity index (χ3n) is 6.51. The molecule has 3 amide bonds. The van der Waals surface area contributed by atoms with Gasteiger partial charge in [-0.15, -0.1) is 0 Å². The van der Waals surface area contributed by atoms with Crippen LogP contribution in [0.2, 0.25) is 5.02 Å². The summed E-state index contributed by atoms with van der Waals surface area (Å²) in [6, 6.07) is 13.4. The SMILES string of the molecule is O=C(/C=C/c1ccc(Cl)cc1)NC(Cc1ccccn1)C(=O)NCC(=O)N1CCN(c2ccc(C(F)(F)F)cn2)CC1. The zero-order chi connectivity index (χ0) is 30.1. The molecule has 1 aliphatic rings. The first-order valence-electron chi connectivity index (χ1n) is 13.1. The Morgan fingerprint density at radius 1 is 0.976 bits per heavy atom. The fourth-order valence-electron chi connectivity index (χ4n) is 4.23. The fraction of sp³-hybridized carbons (Fsp3) is 0.276. The molecule has 0 spiro atoms. The number of carbonyl (C=O) groups is 3. The van der Waals surface area contributed by atoms with Gasteiger partial charge in [0, 0.05) is 61.8 Å². The number of anilines is 1. The molecule has 0 aliphatic carbocycles. The van der Waals surface area contributed by atoms with E-state index in [9.17, 15) is 27.6 Å². The van der Waals surface area contributed by atoms with E-state index in [4.69, 9.17) is 11.6 Å². The van der Waals surface area contributed by atoms with Gasteiger partial charge in [0.05, 0.1) is 12.1 Å². The van der Waals surface area contributed by atoms with E-state index < -0.39 is 29.6 Å². The number of nitrogens with one attached hydrogen (secondary N) is 2. The molecule has 2 aromatic heterocycles. The van der Waals surface area contributed by atoms with Crippen molar-refractivity contribution in [3.05, 3.63) is 94.9 Å². The van der Waals surface area contributed by atoms with Gasteiger partial charge in [0.1, 0.15) is 11.9 Å². The van der Waals surface area contributed by atoms with Gasteiger partial charge < -0.3 is 20.4 Å². The number of benzene rings is 1. The van der Waals surface area contributed by atoms with Crippen LogP contribution in [-0.4, -0.2) is 71.4 Å². The van der Waals surface area contributed by atoms with Crippen LogP contribution in [0, 0.1) is 0 Å². The Morgan fingerprint density at radius 3 is 2.33 bits per heavy atom. The van der Waals surface area contributed by atoms with Crippen molar-refractivity contribution in [2.45, 2.75) is 18.6 Å². The van der Waals surface area contributed by atoms with Crippen molar-refractivity contribution in [2.24, 2.45) is 0 Å². The van der Waals surface area contributed by atoms with Gasteiger partial charge >= 0.3 is 6.18 Å². The van der Waals surface area contributed by atoms with Crippen LogP contribution >= 0.6 is 11.6 Å². The fourth-order valence-corrected chi connectivity index (χ4v) is 4.35. The largest absolute Gasteiger partial charge is 0.417 e. The van der Waals surface area contributed by atoms with E-state index in [0.29, 0.717) is 42.7 Å². The summed E-state index contributed by atoms with van der Waals surface area (Å²) in [4.78, 5) is 50.0. The number of piperazine rings is 1. The van der Waals surface area contributed by atoms with Gasteiger partial charge in [0.15, 0.2) is 0 Å². The minimum absolute atomic E-state index is 0.111. The molecule has 1 fully saturated rings. The van der Waals surface area contributed by atoms with E-state index in [1.807, 2.05) is 0 Å². The van der Waals surface area contributed by atoms with Crippen LogP contribution in [0.1, 0.15) is 16.8 Å².